The number of carbonyl (C=O) groups is 2. The van der Waals surface area contributed by atoms with Gasteiger partial charge in [0.25, 0.3) is 11.7 Å². The number of rotatable bonds is 6. The summed E-state index contributed by atoms with van der Waals surface area (Å²) in [5, 5.41) is 10.8. The Hall–Kier alpha value is -3.06. The molecule has 1 amide bonds. The van der Waals surface area contributed by atoms with E-state index in [0.29, 0.717) is 17.1 Å². The predicted octanol–water partition coefficient (Wildman–Crippen LogP) is 2.36. The zero-order valence-electron chi connectivity index (χ0n) is 14.5. The first-order chi connectivity index (χ1) is 12.6. The van der Waals surface area contributed by atoms with Crippen LogP contribution in [0.1, 0.15) is 17.4 Å². The molecule has 2 heterocycles. The van der Waals surface area contributed by atoms with Crippen LogP contribution < -0.4 is 4.74 Å². The average molecular weight is 357 g/mol. The largest absolute Gasteiger partial charge is 0.507 e. The van der Waals surface area contributed by atoms with Crippen LogP contribution in [-0.4, -0.2) is 49.1 Å². The maximum absolute atomic E-state index is 12.6. The normalized spacial score (nSPS) is 19.2. The van der Waals surface area contributed by atoms with Crippen molar-refractivity contribution in [2.24, 2.45) is 0 Å². The number of furan rings is 1. The summed E-state index contributed by atoms with van der Waals surface area (Å²) in [7, 11) is 3.01. The Morgan fingerprint density at radius 2 is 2.04 bits per heavy atom. The van der Waals surface area contributed by atoms with E-state index >= 15 is 0 Å². The SMILES string of the molecule is COCCN1C(=O)C(=O)C(=C(O)c2cccc(OC)c2)C1c1ccco1. The van der Waals surface area contributed by atoms with Crippen molar-refractivity contribution >= 4 is 17.4 Å². The van der Waals surface area contributed by atoms with E-state index in [4.69, 9.17) is 13.9 Å². The Bertz CT molecular complexity index is 839. The monoisotopic (exact) mass is 357 g/mol. The van der Waals surface area contributed by atoms with Gasteiger partial charge in [-0.05, 0) is 24.3 Å². The third-order valence-electron chi connectivity index (χ3n) is 4.23. The Balaban J connectivity index is 2.12. The molecule has 1 aliphatic rings. The number of ether oxygens (including phenoxy) is 2. The van der Waals surface area contributed by atoms with E-state index in [1.807, 2.05) is 0 Å². The lowest BCUT2D eigenvalue weighted by atomic mass is 9.99. The fraction of sp³-hybridized carbons (Fsp3) is 0.263. The zero-order valence-corrected chi connectivity index (χ0v) is 14.5. The molecule has 26 heavy (non-hydrogen) atoms. The van der Waals surface area contributed by atoms with Gasteiger partial charge in [-0.3, -0.25) is 9.59 Å². The molecule has 7 nitrogen and oxygen atoms in total. The maximum atomic E-state index is 12.6. The Morgan fingerprint density at radius 1 is 1.23 bits per heavy atom. The molecule has 0 bridgehead atoms. The van der Waals surface area contributed by atoms with E-state index in [1.54, 1.807) is 36.4 Å². The Morgan fingerprint density at radius 3 is 2.69 bits per heavy atom. The van der Waals surface area contributed by atoms with E-state index in [2.05, 4.69) is 0 Å². The number of amides is 1. The molecule has 1 aliphatic heterocycles. The number of methoxy groups -OCH3 is 2. The standard InChI is InChI=1S/C19H19NO6/c1-24-10-8-20-16(14-7-4-9-26-14)15(18(22)19(20)23)17(21)12-5-3-6-13(11-12)25-2/h3-7,9,11,16,21H,8,10H2,1-2H3. The highest BCUT2D eigenvalue weighted by Gasteiger charge is 2.47. The van der Waals surface area contributed by atoms with Crippen molar-refractivity contribution in [3.63, 3.8) is 0 Å². The van der Waals surface area contributed by atoms with Crippen molar-refractivity contribution in [2.75, 3.05) is 27.4 Å². The van der Waals surface area contributed by atoms with Crippen molar-refractivity contribution in [2.45, 2.75) is 6.04 Å². The molecule has 136 valence electrons. The topological polar surface area (TPSA) is 89.2 Å². The Labute approximate surface area is 150 Å². The number of hydrogen-bond donors (Lipinski definition) is 1. The smallest absolute Gasteiger partial charge is 0.295 e. The Kier molecular flexibility index (Phi) is 5.09. The molecule has 1 saturated heterocycles. The quantitative estimate of drug-likeness (QED) is 0.485. The second-order valence-electron chi connectivity index (χ2n) is 5.73. The summed E-state index contributed by atoms with van der Waals surface area (Å²) in [5.41, 5.74) is 0.361. The van der Waals surface area contributed by atoms with Gasteiger partial charge in [0, 0.05) is 19.2 Å². The molecule has 2 aromatic rings. The number of Topliss-reactive ketones (excluding diaryl/α,β-unsaturated/α-hetero) is 1. The van der Waals surface area contributed by atoms with Gasteiger partial charge < -0.3 is 23.9 Å². The van der Waals surface area contributed by atoms with Gasteiger partial charge in [-0.2, -0.15) is 0 Å². The number of nitrogens with zero attached hydrogens (tertiary/aromatic N) is 1. The van der Waals surface area contributed by atoms with E-state index < -0.39 is 17.7 Å². The minimum Gasteiger partial charge on any atom is -0.507 e. The first-order valence-corrected chi connectivity index (χ1v) is 8.03. The number of carbonyl (C=O) groups excluding carboxylic acids is 2. The second-order valence-corrected chi connectivity index (χ2v) is 5.73. The minimum atomic E-state index is -0.814. The third kappa shape index (κ3) is 3.09. The van der Waals surface area contributed by atoms with Crippen LogP contribution in [0, 0.1) is 0 Å². The van der Waals surface area contributed by atoms with Crippen LogP contribution in [0.3, 0.4) is 0 Å². The highest BCUT2D eigenvalue weighted by molar-refractivity contribution is 6.46. The first-order valence-electron chi connectivity index (χ1n) is 8.03. The molecule has 0 spiro atoms. The summed E-state index contributed by atoms with van der Waals surface area (Å²) in [6, 6.07) is 9.16. The lowest BCUT2D eigenvalue weighted by Gasteiger charge is -2.22. The number of aliphatic hydroxyl groups excluding tert-OH is 1. The van der Waals surface area contributed by atoms with Gasteiger partial charge >= 0.3 is 0 Å². The second kappa shape index (κ2) is 7.45. The fourth-order valence-corrected chi connectivity index (χ4v) is 2.97. The minimum absolute atomic E-state index is 0.0192. The van der Waals surface area contributed by atoms with Gasteiger partial charge in [-0.25, -0.2) is 0 Å². The first kappa shape index (κ1) is 17.8. The predicted molar refractivity (Wildman–Crippen MR) is 92.6 cm³/mol. The highest BCUT2D eigenvalue weighted by atomic mass is 16.5. The molecule has 7 heteroatoms. The summed E-state index contributed by atoms with van der Waals surface area (Å²) in [4.78, 5) is 26.5. The van der Waals surface area contributed by atoms with E-state index in [0.717, 1.165) is 0 Å². The summed E-state index contributed by atoms with van der Waals surface area (Å²) >= 11 is 0. The molecule has 0 radical (unpaired) electrons. The van der Waals surface area contributed by atoms with E-state index in [-0.39, 0.29) is 24.5 Å². The van der Waals surface area contributed by atoms with Crippen molar-refractivity contribution in [3.8, 4) is 5.75 Å². The van der Waals surface area contributed by atoms with Crippen LogP contribution in [-0.2, 0) is 14.3 Å². The number of likely N-dealkylation sites (tertiary alicyclic amines) is 1. The van der Waals surface area contributed by atoms with E-state index in [9.17, 15) is 14.7 Å². The molecular formula is C19H19NO6. The van der Waals surface area contributed by atoms with E-state index in [1.165, 1.54) is 25.4 Å². The molecule has 1 unspecified atom stereocenters. The maximum Gasteiger partial charge on any atom is 0.295 e. The number of benzene rings is 1. The van der Waals surface area contributed by atoms with Crippen LogP contribution in [0.4, 0.5) is 0 Å². The van der Waals surface area contributed by atoms with Gasteiger partial charge in [-0.1, -0.05) is 12.1 Å². The summed E-state index contributed by atoms with van der Waals surface area (Å²) in [6.07, 6.45) is 1.46. The molecule has 3 rings (SSSR count). The molecule has 1 fully saturated rings. The number of hydrogen-bond acceptors (Lipinski definition) is 6. The van der Waals surface area contributed by atoms with Crippen molar-refractivity contribution in [1.82, 2.24) is 4.90 Å². The zero-order chi connectivity index (χ0) is 18.7. The van der Waals surface area contributed by atoms with Crippen LogP contribution in [0.5, 0.6) is 5.75 Å². The lowest BCUT2D eigenvalue weighted by molar-refractivity contribution is -0.140. The van der Waals surface area contributed by atoms with Gasteiger partial charge in [0.05, 0.1) is 25.6 Å². The average Bonchev–Trinajstić information content (AvgIpc) is 3.27. The number of ketones is 1. The van der Waals surface area contributed by atoms with Crippen molar-refractivity contribution in [3.05, 3.63) is 59.6 Å². The molecule has 1 atom stereocenters. The van der Waals surface area contributed by atoms with Crippen LogP contribution in [0.25, 0.3) is 5.76 Å². The summed E-state index contributed by atoms with van der Waals surface area (Å²) < 4.78 is 15.6. The van der Waals surface area contributed by atoms with Gasteiger partial charge in [0.15, 0.2) is 0 Å². The molecule has 0 aliphatic carbocycles. The van der Waals surface area contributed by atoms with Crippen molar-refractivity contribution in [1.29, 1.82) is 0 Å². The molecule has 1 aromatic heterocycles. The lowest BCUT2D eigenvalue weighted by Crippen LogP contribution is -2.32. The van der Waals surface area contributed by atoms with Crippen LogP contribution in [0.15, 0.2) is 52.7 Å². The molecular weight excluding hydrogens is 338 g/mol. The fourth-order valence-electron chi connectivity index (χ4n) is 2.97. The van der Waals surface area contributed by atoms with Gasteiger partial charge in [0.1, 0.15) is 23.3 Å². The van der Waals surface area contributed by atoms with Crippen LogP contribution >= 0.6 is 0 Å². The van der Waals surface area contributed by atoms with Crippen molar-refractivity contribution < 1.29 is 28.6 Å². The number of aliphatic hydroxyl groups is 1. The van der Waals surface area contributed by atoms with Crippen LogP contribution in [0.2, 0.25) is 0 Å². The van der Waals surface area contributed by atoms with Gasteiger partial charge in [-0.15, -0.1) is 0 Å². The summed E-state index contributed by atoms with van der Waals surface area (Å²) in [5.74, 6) is -0.818. The van der Waals surface area contributed by atoms with Gasteiger partial charge in [0.2, 0.25) is 0 Å². The molecule has 0 saturated carbocycles. The third-order valence-corrected chi connectivity index (χ3v) is 4.23. The molecule has 1 aromatic carbocycles. The summed E-state index contributed by atoms with van der Waals surface area (Å²) in [6.45, 7) is 0.449. The highest BCUT2D eigenvalue weighted by Crippen LogP contribution is 2.39. The molecule has 1 N–H and O–H groups in total.